The quantitative estimate of drug-likeness (QED) is 0.524. The van der Waals surface area contributed by atoms with Crippen LogP contribution >= 0.6 is 11.6 Å². The molecule has 7 nitrogen and oxygen atoms in total. The highest BCUT2D eigenvalue weighted by molar-refractivity contribution is 7.92. The molecule has 186 valence electrons. The minimum atomic E-state index is -4.05. The molecule has 2 aromatic carbocycles. The van der Waals surface area contributed by atoms with E-state index in [2.05, 4.69) is 5.32 Å². The van der Waals surface area contributed by atoms with Crippen molar-refractivity contribution in [3.05, 3.63) is 64.7 Å². The number of anilines is 1. The number of nitrogens with zero attached hydrogens (tertiary/aromatic N) is 2. The number of carbonyl (C=O) groups excluding carboxylic acids is 2. The fourth-order valence-electron chi connectivity index (χ4n) is 3.10. The van der Waals surface area contributed by atoms with Crippen molar-refractivity contribution in [1.82, 2.24) is 10.2 Å². The second-order valence-corrected chi connectivity index (χ2v) is 10.6. The van der Waals surface area contributed by atoms with Crippen LogP contribution in [0.2, 0.25) is 5.02 Å². The molecule has 0 bridgehead atoms. The van der Waals surface area contributed by atoms with Crippen LogP contribution in [-0.2, 0) is 26.2 Å². The minimum Gasteiger partial charge on any atom is -0.354 e. The van der Waals surface area contributed by atoms with Crippen LogP contribution in [0.3, 0.4) is 0 Å². The lowest BCUT2D eigenvalue weighted by Gasteiger charge is -2.31. The molecule has 0 aliphatic carbocycles. The molecule has 0 aliphatic rings. The van der Waals surface area contributed by atoms with Crippen LogP contribution < -0.4 is 9.62 Å². The summed E-state index contributed by atoms with van der Waals surface area (Å²) in [5, 5.41) is 3.13. The zero-order valence-electron chi connectivity index (χ0n) is 19.4. The van der Waals surface area contributed by atoms with Gasteiger partial charge in [-0.3, -0.25) is 13.9 Å². The van der Waals surface area contributed by atoms with Gasteiger partial charge < -0.3 is 10.2 Å². The van der Waals surface area contributed by atoms with Gasteiger partial charge in [-0.25, -0.2) is 17.2 Å². The Kier molecular flexibility index (Phi) is 9.40. The van der Waals surface area contributed by atoms with Gasteiger partial charge in [-0.05, 0) is 36.6 Å². The summed E-state index contributed by atoms with van der Waals surface area (Å²) < 4.78 is 52.7. The van der Waals surface area contributed by atoms with Crippen LogP contribution in [-0.4, -0.2) is 50.5 Å². The van der Waals surface area contributed by atoms with E-state index in [-0.39, 0.29) is 18.2 Å². The normalized spacial score (nSPS) is 12.4. The Morgan fingerprint density at radius 1 is 1.06 bits per heavy atom. The van der Waals surface area contributed by atoms with Gasteiger partial charge in [-0.2, -0.15) is 0 Å². The molecular formula is C23H28ClF2N3O4S. The molecule has 1 N–H and O–H groups in total. The maximum Gasteiger partial charge on any atom is 0.244 e. The fraction of sp³-hybridized carbons (Fsp3) is 0.391. The number of rotatable bonds is 10. The summed E-state index contributed by atoms with van der Waals surface area (Å²) >= 11 is 6.24. The maximum absolute atomic E-state index is 13.8. The van der Waals surface area contributed by atoms with Gasteiger partial charge in [0.1, 0.15) is 12.6 Å². The number of carbonyl (C=O) groups is 2. The summed E-state index contributed by atoms with van der Waals surface area (Å²) in [7, 11) is -4.05. The number of benzene rings is 2. The van der Waals surface area contributed by atoms with Crippen LogP contribution in [0, 0.1) is 17.6 Å². The molecule has 1 atom stereocenters. The van der Waals surface area contributed by atoms with Crippen LogP contribution in [0.4, 0.5) is 14.5 Å². The summed E-state index contributed by atoms with van der Waals surface area (Å²) in [6.07, 6.45) is 0.846. The molecule has 2 rings (SSSR count). The summed E-state index contributed by atoms with van der Waals surface area (Å²) in [6.45, 7) is 4.96. The van der Waals surface area contributed by atoms with Crippen LogP contribution in [0.1, 0.15) is 26.3 Å². The number of sulfonamides is 1. The number of nitrogens with one attached hydrogen (secondary N) is 1. The van der Waals surface area contributed by atoms with Crippen molar-refractivity contribution in [2.24, 2.45) is 5.92 Å². The van der Waals surface area contributed by atoms with Gasteiger partial charge in [0.15, 0.2) is 11.6 Å². The molecule has 34 heavy (non-hydrogen) atoms. The van der Waals surface area contributed by atoms with Crippen molar-refractivity contribution in [2.75, 3.05) is 23.7 Å². The maximum atomic E-state index is 13.8. The zero-order valence-corrected chi connectivity index (χ0v) is 21.0. The van der Waals surface area contributed by atoms with Gasteiger partial charge in [-0.15, -0.1) is 0 Å². The van der Waals surface area contributed by atoms with Crippen molar-refractivity contribution in [1.29, 1.82) is 0 Å². The number of halogens is 3. The van der Waals surface area contributed by atoms with Crippen molar-refractivity contribution in [3.8, 4) is 0 Å². The van der Waals surface area contributed by atoms with Crippen LogP contribution in [0.25, 0.3) is 0 Å². The molecular weight excluding hydrogens is 488 g/mol. The SMILES string of the molecule is CC(C)CNC(=O)[C@H](C)N(Cc1ccccc1Cl)C(=O)CN(c1ccc(F)c(F)c1)S(C)(=O)=O. The third-order valence-corrected chi connectivity index (χ3v) is 6.53. The average molecular weight is 516 g/mol. The van der Waals surface area contributed by atoms with Gasteiger partial charge in [-0.1, -0.05) is 43.6 Å². The van der Waals surface area contributed by atoms with Gasteiger partial charge >= 0.3 is 0 Å². The second kappa shape index (κ2) is 11.6. The molecule has 0 radical (unpaired) electrons. The highest BCUT2D eigenvalue weighted by Crippen LogP contribution is 2.23. The van der Waals surface area contributed by atoms with Crippen molar-refractivity contribution >= 4 is 39.1 Å². The lowest BCUT2D eigenvalue weighted by atomic mass is 10.1. The summed E-state index contributed by atoms with van der Waals surface area (Å²) in [6, 6.07) is 8.32. The minimum absolute atomic E-state index is 0.0653. The van der Waals surface area contributed by atoms with Crippen molar-refractivity contribution in [2.45, 2.75) is 33.4 Å². The van der Waals surface area contributed by atoms with Gasteiger partial charge in [0.05, 0.1) is 11.9 Å². The number of amides is 2. The van der Waals surface area contributed by atoms with E-state index in [1.807, 2.05) is 13.8 Å². The van der Waals surface area contributed by atoms with Gasteiger partial charge in [0.2, 0.25) is 21.8 Å². The molecule has 2 amide bonds. The number of hydrogen-bond donors (Lipinski definition) is 1. The summed E-state index contributed by atoms with van der Waals surface area (Å²) in [5.74, 6) is -3.37. The first-order valence-corrected chi connectivity index (χ1v) is 12.8. The Bertz CT molecular complexity index is 1140. The third kappa shape index (κ3) is 7.39. The first-order valence-electron chi connectivity index (χ1n) is 10.5. The molecule has 0 fully saturated rings. The molecule has 0 spiro atoms. The van der Waals surface area contributed by atoms with E-state index < -0.39 is 46.1 Å². The molecule has 0 unspecified atom stereocenters. The Balaban J connectivity index is 2.40. The number of hydrogen-bond acceptors (Lipinski definition) is 4. The largest absolute Gasteiger partial charge is 0.354 e. The topological polar surface area (TPSA) is 86.8 Å². The predicted octanol–water partition coefficient (Wildman–Crippen LogP) is 3.57. The van der Waals surface area contributed by atoms with Crippen molar-refractivity contribution < 1.29 is 26.8 Å². The van der Waals surface area contributed by atoms with E-state index in [1.165, 1.54) is 11.8 Å². The molecule has 0 saturated carbocycles. The summed E-state index contributed by atoms with van der Waals surface area (Å²) in [5.41, 5.74) is 0.337. The van der Waals surface area contributed by atoms with E-state index in [0.717, 1.165) is 18.4 Å². The Hall–Kier alpha value is -2.72. The van der Waals surface area contributed by atoms with E-state index >= 15 is 0 Å². The molecule has 0 saturated heterocycles. The van der Waals surface area contributed by atoms with Gasteiger partial charge in [0.25, 0.3) is 0 Å². The van der Waals surface area contributed by atoms with E-state index in [4.69, 9.17) is 11.6 Å². The lowest BCUT2D eigenvalue weighted by Crippen LogP contribution is -2.51. The average Bonchev–Trinajstić information content (AvgIpc) is 2.75. The Morgan fingerprint density at radius 3 is 2.26 bits per heavy atom. The van der Waals surface area contributed by atoms with Crippen LogP contribution in [0.5, 0.6) is 0 Å². The first-order chi connectivity index (χ1) is 15.8. The Morgan fingerprint density at radius 2 is 1.71 bits per heavy atom. The van der Waals surface area contributed by atoms with Crippen molar-refractivity contribution in [3.63, 3.8) is 0 Å². The monoisotopic (exact) mass is 515 g/mol. The standard InChI is InChI=1S/C23H28ClF2N3O4S/c1-15(2)12-27-23(31)16(3)28(13-17-7-5-6-8-19(17)24)22(30)14-29(34(4,32)33)18-9-10-20(25)21(26)11-18/h5-11,15-16H,12-14H2,1-4H3,(H,27,31)/t16-/m0/s1. The van der Waals surface area contributed by atoms with E-state index in [9.17, 15) is 26.8 Å². The molecule has 0 aliphatic heterocycles. The Labute approximate surface area is 203 Å². The highest BCUT2D eigenvalue weighted by atomic mass is 35.5. The van der Waals surface area contributed by atoms with Gasteiger partial charge in [0, 0.05) is 24.2 Å². The lowest BCUT2D eigenvalue weighted by molar-refractivity contribution is -0.139. The van der Waals surface area contributed by atoms with E-state index in [0.29, 0.717) is 27.5 Å². The summed E-state index contributed by atoms with van der Waals surface area (Å²) in [4.78, 5) is 27.3. The smallest absolute Gasteiger partial charge is 0.244 e. The van der Waals surface area contributed by atoms with E-state index in [1.54, 1.807) is 24.3 Å². The fourth-order valence-corrected chi connectivity index (χ4v) is 4.14. The second-order valence-electron chi connectivity index (χ2n) is 8.30. The van der Waals surface area contributed by atoms with Crippen LogP contribution in [0.15, 0.2) is 42.5 Å². The predicted molar refractivity (Wildman–Crippen MR) is 128 cm³/mol. The zero-order chi connectivity index (χ0) is 25.6. The molecule has 0 aromatic heterocycles. The first kappa shape index (κ1) is 27.5. The molecule has 2 aromatic rings. The third-order valence-electron chi connectivity index (χ3n) is 5.02. The highest BCUT2D eigenvalue weighted by Gasteiger charge is 2.30. The molecule has 11 heteroatoms. The molecule has 0 heterocycles.